The van der Waals surface area contributed by atoms with Gasteiger partial charge in [-0.2, -0.15) is 5.26 Å². The topological polar surface area (TPSA) is 74.3 Å². The largest absolute Gasteiger partial charge is 0.280 e. The van der Waals surface area contributed by atoms with E-state index in [2.05, 4.69) is 15.6 Å². The van der Waals surface area contributed by atoms with Crippen LogP contribution in [0.2, 0.25) is 0 Å². The smallest absolute Gasteiger partial charge is 0.260 e. The molecule has 6 heteroatoms. The summed E-state index contributed by atoms with van der Waals surface area (Å²) in [5.41, 5.74) is 3.07. The van der Waals surface area contributed by atoms with Gasteiger partial charge in [-0.05, 0) is 41.8 Å². The summed E-state index contributed by atoms with van der Waals surface area (Å²) in [5, 5.41) is 9.01. The van der Waals surface area contributed by atoms with Crippen molar-refractivity contribution in [1.82, 2.24) is 0 Å². The van der Waals surface area contributed by atoms with Gasteiger partial charge in [0.2, 0.25) is 0 Å². The van der Waals surface area contributed by atoms with Crippen LogP contribution in [-0.4, -0.2) is 8.42 Å². The minimum Gasteiger partial charge on any atom is -0.280 e. The molecule has 0 saturated carbocycles. The fourth-order valence-electron chi connectivity index (χ4n) is 2.45. The lowest BCUT2D eigenvalue weighted by Crippen LogP contribution is -2.13. The summed E-state index contributed by atoms with van der Waals surface area (Å²) < 4.78 is 27.3. The van der Waals surface area contributed by atoms with Gasteiger partial charge in [0.1, 0.15) is 0 Å². The Hall–Kier alpha value is -3.09. The Bertz CT molecular complexity index is 1010. The van der Waals surface area contributed by atoms with Crippen LogP contribution in [0.3, 0.4) is 0 Å². The molecule has 2 aromatic carbocycles. The van der Waals surface area contributed by atoms with Gasteiger partial charge in [-0.3, -0.25) is 4.72 Å². The molecule has 0 unspecified atom stereocenters. The van der Waals surface area contributed by atoms with Crippen LogP contribution in [0.5, 0.6) is 0 Å². The van der Waals surface area contributed by atoms with Crippen LogP contribution in [0.1, 0.15) is 11.1 Å². The Labute approximate surface area is 134 Å². The van der Waals surface area contributed by atoms with Crippen molar-refractivity contribution in [3.05, 3.63) is 71.1 Å². The number of sulfonamides is 1. The fraction of sp³-hybridized carbons (Fsp3) is 0.0588. The highest BCUT2D eigenvalue weighted by molar-refractivity contribution is 7.92. The Morgan fingerprint density at radius 1 is 1.22 bits per heavy atom. The lowest BCUT2D eigenvalue weighted by molar-refractivity contribution is 0.601. The first-order chi connectivity index (χ1) is 11.0. The molecule has 0 aromatic heterocycles. The van der Waals surface area contributed by atoms with E-state index in [0.29, 0.717) is 17.7 Å². The molecule has 1 aliphatic carbocycles. The first kappa shape index (κ1) is 14.8. The van der Waals surface area contributed by atoms with Crippen molar-refractivity contribution in [3.8, 4) is 6.07 Å². The Morgan fingerprint density at radius 3 is 2.78 bits per heavy atom. The van der Waals surface area contributed by atoms with Gasteiger partial charge in [0.15, 0.2) is 5.69 Å². The quantitative estimate of drug-likeness (QED) is 0.879. The van der Waals surface area contributed by atoms with Gasteiger partial charge in [-0.25, -0.2) is 13.3 Å². The number of nitriles is 1. The number of rotatable bonds is 3. The third-order valence-corrected chi connectivity index (χ3v) is 4.93. The zero-order valence-electron chi connectivity index (χ0n) is 11.9. The fourth-order valence-corrected chi connectivity index (χ4v) is 3.54. The van der Waals surface area contributed by atoms with E-state index in [0.717, 1.165) is 11.1 Å². The summed E-state index contributed by atoms with van der Waals surface area (Å²) in [6, 6.07) is 13.1. The molecule has 0 aliphatic heterocycles. The van der Waals surface area contributed by atoms with Crippen molar-refractivity contribution in [2.75, 3.05) is 4.72 Å². The van der Waals surface area contributed by atoms with Gasteiger partial charge in [0.05, 0.1) is 23.1 Å². The molecule has 1 N–H and O–H groups in total. The minimum atomic E-state index is -3.76. The zero-order valence-corrected chi connectivity index (χ0v) is 12.8. The molecule has 2 aromatic rings. The first-order valence-corrected chi connectivity index (χ1v) is 8.26. The molecule has 0 saturated heterocycles. The van der Waals surface area contributed by atoms with Crippen LogP contribution in [0.25, 0.3) is 10.4 Å². The maximum atomic E-state index is 12.4. The van der Waals surface area contributed by atoms with E-state index >= 15 is 0 Å². The van der Waals surface area contributed by atoms with E-state index in [1.54, 1.807) is 24.3 Å². The molecule has 0 heterocycles. The lowest BCUT2D eigenvalue weighted by atomic mass is 10.1. The van der Waals surface area contributed by atoms with Gasteiger partial charge in [0, 0.05) is 5.69 Å². The SMILES string of the molecule is [C-]#[N+]c1cccc(S(=O)(=O)Nc2ccc3c(c2)CC=C3C#N)c1. The van der Waals surface area contributed by atoms with E-state index < -0.39 is 10.0 Å². The molecule has 0 bridgehead atoms. The molecular formula is C17H11N3O2S. The Kier molecular flexibility index (Phi) is 3.61. The monoisotopic (exact) mass is 321 g/mol. The average molecular weight is 321 g/mol. The molecule has 0 atom stereocenters. The van der Waals surface area contributed by atoms with Gasteiger partial charge < -0.3 is 0 Å². The van der Waals surface area contributed by atoms with Gasteiger partial charge in [-0.1, -0.05) is 24.3 Å². The third kappa shape index (κ3) is 2.80. The number of hydrogen-bond acceptors (Lipinski definition) is 3. The van der Waals surface area contributed by atoms with Crippen molar-refractivity contribution < 1.29 is 8.42 Å². The van der Waals surface area contributed by atoms with Crippen LogP contribution in [0, 0.1) is 17.9 Å². The second-order valence-electron chi connectivity index (χ2n) is 5.02. The van der Waals surface area contributed by atoms with Crippen molar-refractivity contribution in [2.45, 2.75) is 11.3 Å². The number of benzene rings is 2. The summed E-state index contributed by atoms with van der Waals surface area (Å²) in [5.74, 6) is 0. The summed E-state index contributed by atoms with van der Waals surface area (Å²) in [7, 11) is -3.76. The number of anilines is 1. The van der Waals surface area contributed by atoms with E-state index in [1.807, 2.05) is 6.08 Å². The number of nitrogens with one attached hydrogen (secondary N) is 1. The molecule has 0 spiro atoms. The summed E-state index contributed by atoms with van der Waals surface area (Å²) in [6.45, 7) is 6.96. The maximum absolute atomic E-state index is 12.4. The molecule has 3 rings (SSSR count). The second kappa shape index (κ2) is 5.60. The summed E-state index contributed by atoms with van der Waals surface area (Å²) in [4.78, 5) is 3.28. The Balaban J connectivity index is 1.91. The van der Waals surface area contributed by atoms with Gasteiger partial charge in [-0.15, -0.1) is 0 Å². The van der Waals surface area contributed by atoms with E-state index in [-0.39, 0.29) is 10.6 Å². The minimum absolute atomic E-state index is 0.0438. The molecule has 23 heavy (non-hydrogen) atoms. The molecule has 112 valence electrons. The van der Waals surface area contributed by atoms with Crippen LogP contribution in [0.15, 0.2) is 53.4 Å². The highest BCUT2D eigenvalue weighted by atomic mass is 32.2. The van der Waals surface area contributed by atoms with Crippen LogP contribution in [-0.2, 0) is 16.4 Å². The van der Waals surface area contributed by atoms with Crippen LogP contribution >= 0.6 is 0 Å². The van der Waals surface area contributed by atoms with E-state index in [4.69, 9.17) is 11.8 Å². The second-order valence-corrected chi connectivity index (χ2v) is 6.70. The highest BCUT2D eigenvalue weighted by Crippen LogP contribution is 2.30. The number of fused-ring (bicyclic) bond motifs is 1. The molecular weight excluding hydrogens is 310 g/mol. The molecule has 1 aliphatic rings. The lowest BCUT2D eigenvalue weighted by Gasteiger charge is -2.10. The zero-order chi connectivity index (χ0) is 16.4. The number of hydrogen-bond donors (Lipinski definition) is 1. The highest BCUT2D eigenvalue weighted by Gasteiger charge is 2.18. The molecule has 0 fully saturated rings. The third-order valence-electron chi connectivity index (χ3n) is 3.55. The molecule has 5 nitrogen and oxygen atoms in total. The summed E-state index contributed by atoms with van der Waals surface area (Å²) >= 11 is 0. The van der Waals surface area contributed by atoms with Crippen LogP contribution in [0.4, 0.5) is 11.4 Å². The normalized spacial score (nSPS) is 12.7. The average Bonchev–Trinajstić information content (AvgIpc) is 2.96. The standard InChI is InChI=1S/C17H11N3O2S/c1-19-14-3-2-4-16(10-14)23(21,22)20-15-7-8-17-12(9-15)5-6-13(17)11-18/h2-4,6-10,20H,5H2. The number of allylic oxidation sites excluding steroid dienone is 2. The van der Waals surface area contributed by atoms with Crippen LogP contribution < -0.4 is 4.72 Å². The van der Waals surface area contributed by atoms with Crippen molar-refractivity contribution in [3.63, 3.8) is 0 Å². The maximum Gasteiger partial charge on any atom is 0.260 e. The van der Waals surface area contributed by atoms with Gasteiger partial charge >= 0.3 is 0 Å². The van der Waals surface area contributed by atoms with Crippen molar-refractivity contribution in [1.29, 1.82) is 5.26 Å². The number of nitrogens with zero attached hydrogens (tertiary/aromatic N) is 2. The molecule has 0 amide bonds. The predicted octanol–water partition coefficient (Wildman–Crippen LogP) is 3.50. The first-order valence-electron chi connectivity index (χ1n) is 6.77. The van der Waals surface area contributed by atoms with E-state index in [1.165, 1.54) is 18.2 Å². The van der Waals surface area contributed by atoms with Gasteiger partial charge in [0.25, 0.3) is 10.0 Å². The van der Waals surface area contributed by atoms with Crippen molar-refractivity contribution >= 4 is 27.0 Å². The molecule has 0 radical (unpaired) electrons. The Morgan fingerprint density at radius 2 is 2.04 bits per heavy atom. The summed E-state index contributed by atoms with van der Waals surface area (Å²) in [6.07, 6.45) is 2.43. The predicted molar refractivity (Wildman–Crippen MR) is 87.2 cm³/mol. The van der Waals surface area contributed by atoms with E-state index in [9.17, 15) is 8.42 Å². The van der Waals surface area contributed by atoms with Crippen molar-refractivity contribution in [2.24, 2.45) is 0 Å².